The van der Waals surface area contributed by atoms with Crippen molar-refractivity contribution in [2.24, 2.45) is 0 Å². The highest BCUT2D eigenvalue weighted by Gasteiger charge is 2.14. The molecular weight excluding hydrogens is 228 g/mol. The zero-order chi connectivity index (χ0) is 11.2. The Bertz CT molecular complexity index is 774. The molecule has 0 spiro atoms. The third kappa shape index (κ3) is 1.23. The zero-order valence-electron chi connectivity index (χ0n) is 9.13. The van der Waals surface area contributed by atoms with Crippen molar-refractivity contribution < 1.29 is 0 Å². The zero-order valence-corrected chi connectivity index (χ0v) is 9.95. The molecule has 0 amide bonds. The van der Waals surface area contributed by atoms with Crippen LogP contribution in [0.3, 0.4) is 0 Å². The van der Waals surface area contributed by atoms with Gasteiger partial charge in [0.05, 0.1) is 16.7 Å². The molecule has 2 heterocycles. The number of allylic oxidation sites excluding steroid dienone is 3. The Kier molecular flexibility index (Phi) is 1.79. The molecule has 1 aromatic carbocycles. The van der Waals surface area contributed by atoms with E-state index in [0.717, 1.165) is 16.9 Å². The molecule has 17 heavy (non-hydrogen) atoms. The summed E-state index contributed by atoms with van der Waals surface area (Å²) in [7, 11) is 0. The number of hydrogen-bond donors (Lipinski definition) is 0. The second kappa shape index (κ2) is 3.31. The lowest BCUT2D eigenvalue weighted by Gasteiger charge is -1.96. The molecule has 2 nitrogen and oxygen atoms in total. The first kappa shape index (κ1) is 9.19. The van der Waals surface area contributed by atoms with Crippen LogP contribution in [-0.4, -0.2) is 9.38 Å². The Balaban J connectivity index is 2.19. The third-order valence-corrected chi connectivity index (χ3v) is 4.15. The number of fused-ring (bicyclic) bond motifs is 5. The van der Waals surface area contributed by atoms with Crippen molar-refractivity contribution in [1.82, 2.24) is 9.38 Å². The summed E-state index contributed by atoms with van der Waals surface area (Å²) in [5, 5.41) is 0. The highest BCUT2D eigenvalue weighted by molar-refractivity contribution is 7.17. The van der Waals surface area contributed by atoms with Crippen molar-refractivity contribution >= 4 is 33.4 Å². The van der Waals surface area contributed by atoms with E-state index >= 15 is 0 Å². The van der Waals surface area contributed by atoms with E-state index < -0.39 is 0 Å². The largest absolute Gasteiger partial charge is 0.283 e. The minimum atomic E-state index is 1.00. The fourth-order valence-electron chi connectivity index (χ4n) is 2.31. The molecule has 0 saturated carbocycles. The van der Waals surface area contributed by atoms with Crippen molar-refractivity contribution in [3.63, 3.8) is 0 Å². The van der Waals surface area contributed by atoms with Crippen LogP contribution in [0.5, 0.6) is 0 Å². The minimum Gasteiger partial charge on any atom is -0.283 e. The molecular formula is C14H10N2S. The molecule has 1 aliphatic rings. The molecule has 2 aromatic heterocycles. The van der Waals surface area contributed by atoms with Crippen molar-refractivity contribution in [3.8, 4) is 0 Å². The highest BCUT2D eigenvalue weighted by Crippen LogP contribution is 2.30. The molecule has 0 N–H and O–H groups in total. The maximum atomic E-state index is 4.67. The van der Waals surface area contributed by atoms with Crippen LogP contribution in [0.25, 0.3) is 22.1 Å². The lowest BCUT2D eigenvalue weighted by atomic mass is 10.3. The van der Waals surface area contributed by atoms with Gasteiger partial charge in [-0.05, 0) is 18.2 Å². The number of aromatic nitrogens is 2. The second-order valence-corrected chi connectivity index (χ2v) is 5.18. The second-order valence-electron chi connectivity index (χ2n) is 4.12. The van der Waals surface area contributed by atoms with Crippen LogP contribution in [0.4, 0.5) is 0 Å². The number of hydrogen-bond acceptors (Lipinski definition) is 2. The van der Waals surface area contributed by atoms with Gasteiger partial charge in [0.2, 0.25) is 0 Å². The molecule has 0 aliphatic heterocycles. The molecule has 4 rings (SSSR count). The average molecular weight is 238 g/mol. The summed E-state index contributed by atoms with van der Waals surface area (Å²) in [4.78, 5) is 7.16. The Morgan fingerprint density at radius 1 is 1.18 bits per heavy atom. The van der Waals surface area contributed by atoms with Crippen LogP contribution in [0.2, 0.25) is 0 Å². The first-order valence-electron chi connectivity index (χ1n) is 5.65. The van der Waals surface area contributed by atoms with Crippen molar-refractivity contribution in [1.29, 1.82) is 0 Å². The first-order valence-corrected chi connectivity index (χ1v) is 6.47. The number of para-hydroxylation sites is 2. The molecule has 82 valence electrons. The Morgan fingerprint density at radius 2 is 2.12 bits per heavy atom. The van der Waals surface area contributed by atoms with Crippen LogP contribution in [0.1, 0.15) is 10.6 Å². The SMILES string of the molecule is C1=CCc2sc3nc4ccccc4n3c2C=C1. The molecule has 1 aliphatic carbocycles. The summed E-state index contributed by atoms with van der Waals surface area (Å²) in [6.45, 7) is 0. The number of rotatable bonds is 0. The van der Waals surface area contributed by atoms with E-state index in [2.05, 4.69) is 51.9 Å². The van der Waals surface area contributed by atoms with E-state index in [1.54, 1.807) is 11.3 Å². The Labute approximate surface area is 103 Å². The molecule has 3 aromatic rings. The maximum Gasteiger partial charge on any atom is 0.195 e. The number of thiazole rings is 1. The predicted molar refractivity (Wildman–Crippen MR) is 72.5 cm³/mol. The van der Waals surface area contributed by atoms with Gasteiger partial charge in [-0.25, -0.2) is 4.98 Å². The maximum absolute atomic E-state index is 4.67. The molecule has 0 radical (unpaired) electrons. The summed E-state index contributed by atoms with van der Waals surface area (Å²) < 4.78 is 2.26. The molecule has 0 unspecified atom stereocenters. The van der Waals surface area contributed by atoms with Gasteiger partial charge in [-0.2, -0.15) is 0 Å². The van der Waals surface area contributed by atoms with Gasteiger partial charge in [-0.3, -0.25) is 4.40 Å². The lowest BCUT2D eigenvalue weighted by molar-refractivity contribution is 1.20. The van der Waals surface area contributed by atoms with Crippen LogP contribution in [0.15, 0.2) is 42.5 Å². The first-order chi connectivity index (χ1) is 8.43. The van der Waals surface area contributed by atoms with Gasteiger partial charge >= 0.3 is 0 Å². The van der Waals surface area contributed by atoms with Gasteiger partial charge in [0.1, 0.15) is 0 Å². The summed E-state index contributed by atoms with van der Waals surface area (Å²) >= 11 is 1.79. The standard InChI is InChI=1S/C14H10N2S/c1-2-8-12-13(9-3-1)17-14-15-10-6-4-5-7-11(10)16(12)14/h1-8H,9H2. The predicted octanol–water partition coefficient (Wildman–Crippen LogP) is 3.67. The van der Waals surface area contributed by atoms with Gasteiger partial charge in [0.15, 0.2) is 4.96 Å². The Morgan fingerprint density at radius 3 is 3.12 bits per heavy atom. The van der Waals surface area contributed by atoms with E-state index in [0.29, 0.717) is 0 Å². The van der Waals surface area contributed by atoms with E-state index in [1.165, 1.54) is 16.1 Å². The van der Waals surface area contributed by atoms with Gasteiger partial charge in [0, 0.05) is 11.3 Å². The van der Waals surface area contributed by atoms with Crippen molar-refractivity contribution in [3.05, 3.63) is 53.1 Å². The van der Waals surface area contributed by atoms with Gasteiger partial charge in [-0.1, -0.05) is 30.4 Å². The fourth-order valence-corrected chi connectivity index (χ4v) is 3.40. The fraction of sp³-hybridized carbons (Fsp3) is 0.0714. The topological polar surface area (TPSA) is 17.3 Å². The summed E-state index contributed by atoms with van der Waals surface area (Å²) in [5.74, 6) is 0. The molecule has 3 heteroatoms. The molecule has 0 bridgehead atoms. The highest BCUT2D eigenvalue weighted by atomic mass is 32.1. The minimum absolute atomic E-state index is 1.00. The smallest absolute Gasteiger partial charge is 0.195 e. The average Bonchev–Trinajstić information content (AvgIpc) is 2.77. The molecule has 0 saturated heterocycles. The van der Waals surface area contributed by atoms with E-state index in [4.69, 9.17) is 0 Å². The van der Waals surface area contributed by atoms with Gasteiger partial charge in [-0.15, -0.1) is 11.3 Å². The van der Waals surface area contributed by atoms with Crippen molar-refractivity contribution in [2.75, 3.05) is 0 Å². The van der Waals surface area contributed by atoms with Crippen molar-refractivity contribution in [2.45, 2.75) is 6.42 Å². The van der Waals surface area contributed by atoms with E-state index in [-0.39, 0.29) is 0 Å². The lowest BCUT2D eigenvalue weighted by Crippen LogP contribution is -1.87. The van der Waals surface area contributed by atoms with Crippen LogP contribution in [0, 0.1) is 0 Å². The molecule has 0 atom stereocenters. The van der Waals surface area contributed by atoms with Gasteiger partial charge < -0.3 is 0 Å². The molecule has 0 fully saturated rings. The number of benzene rings is 1. The van der Waals surface area contributed by atoms with Crippen LogP contribution >= 0.6 is 11.3 Å². The summed E-state index contributed by atoms with van der Waals surface area (Å²) in [5.41, 5.74) is 3.56. The van der Waals surface area contributed by atoms with Gasteiger partial charge in [0.25, 0.3) is 0 Å². The summed E-state index contributed by atoms with van der Waals surface area (Å²) in [6, 6.07) is 8.31. The third-order valence-electron chi connectivity index (χ3n) is 3.08. The number of nitrogens with zero attached hydrogens (tertiary/aromatic N) is 2. The van der Waals surface area contributed by atoms with Crippen LogP contribution < -0.4 is 0 Å². The van der Waals surface area contributed by atoms with E-state index in [9.17, 15) is 0 Å². The summed E-state index contributed by atoms with van der Waals surface area (Å²) in [6.07, 6.45) is 9.59. The monoisotopic (exact) mass is 238 g/mol. The Hall–Kier alpha value is -1.87. The normalized spacial score (nSPS) is 14.4. The quantitative estimate of drug-likeness (QED) is 0.584. The van der Waals surface area contributed by atoms with E-state index in [1.807, 2.05) is 6.07 Å². The van der Waals surface area contributed by atoms with Crippen LogP contribution in [-0.2, 0) is 6.42 Å². The number of imidazole rings is 1.